The number of para-hydroxylation sites is 1. The minimum atomic E-state index is -0.392. The number of hydrogen-bond acceptors (Lipinski definition) is 3. The number of rotatable bonds is 4. The maximum absolute atomic E-state index is 10.8. The van der Waals surface area contributed by atoms with Crippen molar-refractivity contribution in [2.75, 3.05) is 23.7 Å². The number of nitrogen functional groups attached to an aromatic ring is 1. The molecular formula is C10H14ClN3O. The van der Waals surface area contributed by atoms with Crippen LogP contribution in [0.4, 0.5) is 11.4 Å². The Labute approximate surface area is 93.8 Å². The summed E-state index contributed by atoms with van der Waals surface area (Å²) in [6.07, 6.45) is 0. The average Bonchev–Trinajstić information content (AvgIpc) is 2.19. The number of hydrogen-bond donors (Lipinski definition) is 2. The maximum atomic E-state index is 10.8. The highest BCUT2D eigenvalue weighted by atomic mass is 35.5. The third-order valence-corrected chi connectivity index (χ3v) is 2.43. The monoisotopic (exact) mass is 227 g/mol. The number of benzene rings is 1. The summed E-state index contributed by atoms with van der Waals surface area (Å²) >= 11 is 5.88. The Kier molecular flexibility index (Phi) is 3.80. The van der Waals surface area contributed by atoms with Gasteiger partial charge in [0, 0.05) is 6.54 Å². The zero-order valence-corrected chi connectivity index (χ0v) is 9.29. The first-order valence-corrected chi connectivity index (χ1v) is 5.01. The summed E-state index contributed by atoms with van der Waals surface area (Å²) in [4.78, 5) is 12.6. The fourth-order valence-corrected chi connectivity index (χ4v) is 1.53. The molecule has 0 saturated carbocycles. The van der Waals surface area contributed by atoms with Crippen LogP contribution in [-0.2, 0) is 4.79 Å². The smallest absolute Gasteiger partial charge is 0.236 e. The normalized spacial score (nSPS) is 10.0. The van der Waals surface area contributed by atoms with E-state index in [1.165, 1.54) is 0 Å². The Hall–Kier alpha value is -1.42. The van der Waals surface area contributed by atoms with Gasteiger partial charge in [0.05, 0.1) is 22.9 Å². The van der Waals surface area contributed by atoms with Crippen molar-refractivity contribution in [2.24, 2.45) is 5.73 Å². The predicted octanol–water partition coefficient (Wildman–Crippen LogP) is 1.23. The van der Waals surface area contributed by atoms with Crippen molar-refractivity contribution in [1.82, 2.24) is 0 Å². The molecule has 0 aliphatic carbocycles. The molecule has 0 unspecified atom stereocenters. The van der Waals surface area contributed by atoms with Crippen LogP contribution in [0.25, 0.3) is 0 Å². The van der Waals surface area contributed by atoms with Crippen LogP contribution in [0.15, 0.2) is 18.2 Å². The van der Waals surface area contributed by atoms with Gasteiger partial charge < -0.3 is 16.4 Å². The highest BCUT2D eigenvalue weighted by molar-refractivity contribution is 6.33. The van der Waals surface area contributed by atoms with Crippen LogP contribution < -0.4 is 16.4 Å². The zero-order valence-electron chi connectivity index (χ0n) is 8.53. The number of likely N-dealkylation sites (N-methyl/N-ethyl adjacent to an activating group) is 1. The van der Waals surface area contributed by atoms with E-state index in [0.29, 0.717) is 17.3 Å². The van der Waals surface area contributed by atoms with Gasteiger partial charge in [0.2, 0.25) is 5.91 Å². The topological polar surface area (TPSA) is 72.3 Å². The minimum absolute atomic E-state index is 0.140. The molecule has 0 saturated heterocycles. The van der Waals surface area contributed by atoms with E-state index in [1.54, 1.807) is 17.0 Å². The summed E-state index contributed by atoms with van der Waals surface area (Å²) < 4.78 is 0. The van der Waals surface area contributed by atoms with E-state index in [2.05, 4.69) is 0 Å². The Morgan fingerprint density at radius 1 is 1.53 bits per heavy atom. The van der Waals surface area contributed by atoms with Crippen LogP contribution in [0.5, 0.6) is 0 Å². The zero-order chi connectivity index (χ0) is 11.4. The average molecular weight is 228 g/mol. The Morgan fingerprint density at radius 2 is 2.20 bits per heavy atom. The highest BCUT2D eigenvalue weighted by Crippen LogP contribution is 2.29. The van der Waals surface area contributed by atoms with Crippen molar-refractivity contribution in [3.05, 3.63) is 23.2 Å². The number of carbonyl (C=O) groups excluding carboxylic acids is 1. The summed E-state index contributed by atoms with van der Waals surface area (Å²) in [5.74, 6) is -0.392. The van der Waals surface area contributed by atoms with E-state index >= 15 is 0 Å². The van der Waals surface area contributed by atoms with Crippen molar-refractivity contribution in [2.45, 2.75) is 6.92 Å². The second-order valence-electron chi connectivity index (χ2n) is 3.15. The predicted molar refractivity (Wildman–Crippen MR) is 62.9 cm³/mol. The van der Waals surface area contributed by atoms with Crippen molar-refractivity contribution in [1.29, 1.82) is 0 Å². The molecule has 5 heteroatoms. The molecule has 1 aromatic rings. The lowest BCUT2D eigenvalue weighted by atomic mass is 10.2. The Morgan fingerprint density at radius 3 is 2.73 bits per heavy atom. The van der Waals surface area contributed by atoms with E-state index in [9.17, 15) is 4.79 Å². The van der Waals surface area contributed by atoms with Gasteiger partial charge in [-0.05, 0) is 19.1 Å². The molecule has 1 amide bonds. The van der Waals surface area contributed by atoms with E-state index in [0.717, 1.165) is 5.69 Å². The highest BCUT2D eigenvalue weighted by Gasteiger charge is 2.11. The lowest BCUT2D eigenvalue weighted by Gasteiger charge is -2.23. The molecule has 82 valence electrons. The van der Waals surface area contributed by atoms with Crippen LogP contribution in [0.3, 0.4) is 0 Å². The summed E-state index contributed by atoms with van der Waals surface area (Å²) in [6.45, 7) is 2.71. The lowest BCUT2D eigenvalue weighted by Crippen LogP contribution is -2.34. The molecule has 0 aliphatic heterocycles. The quantitative estimate of drug-likeness (QED) is 0.760. The van der Waals surface area contributed by atoms with Crippen LogP contribution in [0.1, 0.15) is 6.92 Å². The lowest BCUT2D eigenvalue weighted by molar-refractivity contribution is -0.116. The van der Waals surface area contributed by atoms with Crippen LogP contribution >= 0.6 is 11.6 Å². The molecule has 1 rings (SSSR count). The van der Waals surface area contributed by atoms with E-state index in [4.69, 9.17) is 23.1 Å². The van der Waals surface area contributed by atoms with Crippen LogP contribution in [0, 0.1) is 0 Å². The van der Waals surface area contributed by atoms with Gasteiger partial charge in [-0.3, -0.25) is 4.79 Å². The summed E-state index contributed by atoms with van der Waals surface area (Å²) in [5.41, 5.74) is 12.2. The second-order valence-corrected chi connectivity index (χ2v) is 3.56. The van der Waals surface area contributed by atoms with Crippen molar-refractivity contribution >= 4 is 28.9 Å². The fourth-order valence-electron chi connectivity index (χ4n) is 1.36. The van der Waals surface area contributed by atoms with Crippen LogP contribution in [0.2, 0.25) is 5.02 Å². The molecule has 0 fully saturated rings. The molecule has 4 N–H and O–H groups in total. The largest absolute Gasteiger partial charge is 0.396 e. The molecule has 0 heterocycles. The number of carbonyl (C=O) groups is 1. The number of amides is 1. The van der Waals surface area contributed by atoms with Gasteiger partial charge in [0.25, 0.3) is 0 Å². The molecule has 0 bridgehead atoms. The molecule has 1 aromatic carbocycles. The van der Waals surface area contributed by atoms with E-state index in [-0.39, 0.29) is 6.54 Å². The standard InChI is InChI=1S/C10H14ClN3O/c1-2-14(6-9(12)15)8-5-3-4-7(11)10(8)13/h3-5H,2,6,13H2,1H3,(H2,12,15). The number of nitrogens with two attached hydrogens (primary N) is 2. The minimum Gasteiger partial charge on any atom is -0.396 e. The first-order valence-electron chi connectivity index (χ1n) is 4.63. The molecule has 0 aliphatic rings. The number of primary amides is 1. The molecule has 0 radical (unpaired) electrons. The number of anilines is 2. The van der Waals surface area contributed by atoms with Gasteiger partial charge in [-0.15, -0.1) is 0 Å². The third-order valence-electron chi connectivity index (χ3n) is 2.10. The van der Waals surface area contributed by atoms with Gasteiger partial charge in [-0.2, -0.15) is 0 Å². The second kappa shape index (κ2) is 4.89. The van der Waals surface area contributed by atoms with Gasteiger partial charge in [0.1, 0.15) is 0 Å². The fraction of sp³-hybridized carbons (Fsp3) is 0.300. The van der Waals surface area contributed by atoms with Crippen molar-refractivity contribution in [3.63, 3.8) is 0 Å². The van der Waals surface area contributed by atoms with Crippen molar-refractivity contribution < 1.29 is 4.79 Å². The van der Waals surface area contributed by atoms with E-state index < -0.39 is 5.91 Å². The van der Waals surface area contributed by atoms with Crippen LogP contribution in [-0.4, -0.2) is 19.0 Å². The maximum Gasteiger partial charge on any atom is 0.236 e. The molecular weight excluding hydrogens is 214 g/mol. The first-order chi connectivity index (χ1) is 7.06. The van der Waals surface area contributed by atoms with Crippen molar-refractivity contribution in [3.8, 4) is 0 Å². The Bertz CT molecular complexity index is 368. The summed E-state index contributed by atoms with van der Waals surface area (Å²) in [5, 5.41) is 0.482. The number of halogens is 1. The first kappa shape index (κ1) is 11.7. The molecule has 0 aromatic heterocycles. The molecule has 4 nitrogen and oxygen atoms in total. The molecule has 0 atom stereocenters. The molecule has 0 spiro atoms. The SMILES string of the molecule is CCN(CC(N)=O)c1cccc(Cl)c1N. The van der Waals surface area contributed by atoms with Gasteiger partial charge in [0.15, 0.2) is 0 Å². The number of nitrogens with zero attached hydrogens (tertiary/aromatic N) is 1. The van der Waals surface area contributed by atoms with Gasteiger partial charge in [-0.25, -0.2) is 0 Å². The van der Waals surface area contributed by atoms with E-state index in [1.807, 2.05) is 13.0 Å². The third kappa shape index (κ3) is 2.76. The van der Waals surface area contributed by atoms with Gasteiger partial charge in [-0.1, -0.05) is 17.7 Å². The molecule has 15 heavy (non-hydrogen) atoms. The Balaban J connectivity index is 3.01. The summed E-state index contributed by atoms with van der Waals surface area (Å²) in [7, 11) is 0. The van der Waals surface area contributed by atoms with Gasteiger partial charge >= 0.3 is 0 Å². The summed E-state index contributed by atoms with van der Waals surface area (Å²) in [6, 6.07) is 5.31.